The highest BCUT2D eigenvalue weighted by molar-refractivity contribution is 7.90. The van der Waals surface area contributed by atoms with Gasteiger partial charge < -0.3 is 20.7 Å². The lowest BCUT2D eigenvalue weighted by molar-refractivity contribution is 0.270. The Morgan fingerprint density at radius 1 is 1.18 bits per heavy atom. The molecular weight excluding hydrogens is 448 g/mol. The average Bonchev–Trinajstić information content (AvgIpc) is 2.81. The standard InChI is InChI=1S/C26H38N4O3S/c1-20-6-5-15-30(16-20)25(28-19-26(2,3)18-27)29-22-9-11-23(12-10-22)33-17-21-7-13-24(14-8-21)34(4,31)32/h7-14,20H,5-6,15-19,27H2,1-4H3,(H,28,29). The molecule has 0 radical (unpaired) electrons. The van der Waals surface area contributed by atoms with Crippen LogP contribution in [0.15, 0.2) is 58.4 Å². The highest BCUT2D eigenvalue weighted by Gasteiger charge is 2.21. The van der Waals surface area contributed by atoms with Crippen LogP contribution < -0.4 is 15.8 Å². The number of nitrogens with zero attached hydrogens (tertiary/aromatic N) is 2. The molecule has 0 spiro atoms. The monoisotopic (exact) mass is 486 g/mol. The Labute approximate surface area is 204 Å². The second-order valence-electron chi connectivity index (χ2n) is 10.1. The van der Waals surface area contributed by atoms with Crippen molar-refractivity contribution < 1.29 is 13.2 Å². The van der Waals surface area contributed by atoms with Crippen LogP contribution in [0.3, 0.4) is 0 Å². The van der Waals surface area contributed by atoms with E-state index in [2.05, 4.69) is 31.0 Å². The van der Waals surface area contributed by atoms with Gasteiger partial charge in [-0.1, -0.05) is 32.9 Å². The Morgan fingerprint density at radius 2 is 1.85 bits per heavy atom. The topological polar surface area (TPSA) is 97.0 Å². The number of anilines is 1. The molecule has 1 aliphatic heterocycles. The first-order valence-electron chi connectivity index (χ1n) is 11.8. The summed E-state index contributed by atoms with van der Waals surface area (Å²) in [6.45, 7) is 10.2. The maximum atomic E-state index is 11.6. The number of guanidine groups is 1. The van der Waals surface area contributed by atoms with Gasteiger partial charge in [0, 0.05) is 31.6 Å². The van der Waals surface area contributed by atoms with Crippen LogP contribution in [0.1, 0.15) is 39.2 Å². The third-order valence-corrected chi connectivity index (χ3v) is 7.16. The molecule has 0 amide bonds. The van der Waals surface area contributed by atoms with Crippen molar-refractivity contribution in [1.29, 1.82) is 0 Å². The normalized spacial score (nSPS) is 17.5. The average molecular weight is 487 g/mol. The molecule has 1 heterocycles. The molecule has 8 heteroatoms. The fraction of sp³-hybridized carbons (Fsp3) is 0.500. The number of benzene rings is 2. The number of likely N-dealkylation sites (tertiary alicyclic amines) is 1. The smallest absolute Gasteiger partial charge is 0.198 e. The lowest BCUT2D eigenvalue weighted by Crippen LogP contribution is -2.43. The molecule has 3 N–H and O–H groups in total. The van der Waals surface area contributed by atoms with Crippen LogP contribution in [0.2, 0.25) is 0 Å². The Hall–Kier alpha value is -2.58. The maximum Gasteiger partial charge on any atom is 0.198 e. The Kier molecular flexibility index (Phi) is 8.60. The predicted molar refractivity (Wildman–Crippen MR) is 139 cm³/mol. The molecule has 0 aliphatic carbocycles. The summed E-state index contributed by atoms with van der Waals surface area (Å²) in [6, 6.07) is 14.6. The van der Waals surface area contributed by atoms with Gasteiger partial charge in [0.25, 0.3) is 0 Å². The van der Waals surface area contributed by atoms with Gasteiger partial charge in [-0.3, -0.25) is 4.99 Å². The number of hydrogen-bond donors (Lipinski definition) is 2. The van der Waals surface area contributed by atoms with Gasteiger partial charge in [-0.15, -0.1) is 0 Å². The second-order valence-corrected chi connectivity index (χ2v) is 12.1. The molecule has 1 unspecified atom stereocenters. The summed E-state index contributed by atoms with van der Waals surface area (Å²) >= 11 is 0. The molecular formula is C26H38N4O3S. The highest BCUT2D eigenvalue weighted by Crippen LogP contribution is 2.21. The third kappa shape index (κ3) is 7.74. The van der Waals surface area contributed by atoms with Gasteiger partial charge in [-0.2, -0.15) is 0 Å². The number of hydrogen-bond acceptors (Lipinski definition) is 5. The summed E-state index contributed by atoms with van der Waals surface area (Å²) in [7, 11) is -3.19. The van der Waals surface area contributed by atoms with Crippen LogP contribution >= 0.6 is 0 Å². The van der Waals surface area contributed by atoms with Crippen LogP contribution in [-0.2, 0) is 16.4 Å². The zero-order valence-electron chi connectivity index (χ0n) is 20.8. The third-order valence-electron chi connectivity index (χ3n) is 6.03. The lowest BCUT2D eigenvalue weighted by Gasteiger charge is -2.34. The van der Waals surface area contributed by atoms with Crippen LogP contribution in [0, 0.1) is 11.3 Å². The zero-order valence-corrected chi connectivity index (χ0v) is 21.6. The summed E-state index contributed by atoms with van der Waals surface area (Å²) in [5.74, 6) is 2.28. The Balaban J connectivity index is 1.64. The van der Waals surface area contributed by atoms with E-state index in [1.165, 1.54) is 19.1 Å². The number of rotatable bonds is 8. The largest absolute Gasteiger partial charge is 0.489 e. The maximum absolute atomic E-state index is 11.6. The molecule has 1 atom stereocenters. The lowest BCUT2D eigenvalue weighted by atomic mass is 9.94. The first-order chi connectivity index (χ1) is 16.1. The van der Waals surface area contributed by atoms with E-state index in [0.29, 0.717) is 30.5 Å². The molecule has 2 aromatic carbocycles. The van der Waals surface area contributed by atoms with Gasteiger partial charge in [-0.25, -0.2) is 8.42 Å². The fourth-order valence-corrected chi connectivity index (χ4v) is 4.35. The van der Waals surface area contributed by atoms with Gasteiger partial charge >= 0.3 is 0 Å². The van der Waals surface area contributed by atoms with Gasteiger partial charge in [0.1, 0.15) is 12.4 Å². The number of aliphatic imine (C=N–C) groups is 1. The molecule has 2 aromatic rings. The second kappa shape index (κ2) is 11.2. The summed E-state index contributed by atoms with van der Waals surface area (Å²) in [6.07, 6.45) is 3.62. The summed E-state index contributed by atoms with van der Waals surface area (Å²) in [4.78, 5) is 7.57. The van der Waals surface area contributed by atoms with Crippen molar-refractivity contribution in [1.82, 2.24) is 4.90 Å². The minimum atomic E-state index is -3.19. The van der Waals surface area contributed by atoms with Gasteiger partial charge in [0.2, 0.25) is 0 Å². The first-order valence-corrected chi connectivity index (χ1v) is 13.7. The molecule has 1 fully saturated rings. The number of nitrogens with one attached hydrogen (secondary N) is 1. The molecule has 0 bridgehead atoms. The highest BCUT2D eigenvalue weighted by atomic mass is 32.2. The number of piperidine rings is 1. The molecule has 1 aliphatic rings. The minimum absolute atomic E-state index is 0.0501. The molecule has 3 rings (SSSR count). The number of sulfone groups is 1. The zero-order chi connectivity index (χ0) is 24.8. The number of nitrogens with two attached hydrogens (primary N) is 1. The van der Waals surface area contributed by atoms with Gasteiger partial charge in [0.15, 0.2) is 15.8 Å². The first kappa shape index (κ1) is 26.0. The molecule has 7 nitrogen and oxygen atoms in total. The molecule has 1 saturated heterocycles. The van der Waals surface area contributed by atoms with E-state index >= 15 is 0 Å². The van der Waals surface area contributed by atoms with E-state index in [9.17, 15) is 8.42 Å². The van der Waals surface area contributed by atoms with Gasteiger partial charge in [-0.05, 0) is 72.7 Å². The van der Waals surface area contributed by atoms with Crippen molar-refractivity contribution in [3.63, 3.8) is 0 Å². The van der Waals surface area contributed by atoms with Crippen LogP contribution in [0.5, 0.6) is 5.75 Å². The van der Waals surface area contributed by atoms with Crippen LogP contribution in [0.4, 0.5) is 5.69 Å². The van der Waals surface area contributed by atoms with E-state index in [4.69, 9.17) is 15.5 Å². The number of ether oxygens (including phenoxy) is 1. The van der Waals surface area contributed by atoms with E-state index in [1.807, 2.05) is 24.3 Å². The Bertz CT molecular complexity index is 1060. The minimum Gasteiger partial charge on any atom is -0.489 e. The molecule has 0 saturated carbocycles. The Morgan fingerprint density at radius 3 is 2.44 bits per heavy atom. The van der Waals surface area contributed by atoms with E-state index in [-0.39, 0.29) is 5.41 Å². The van der Waals surface area contributed by atoms with Crippen molar-refractivity contribution in [3.05, 3.63) is 54.1 Å². The van der Waals surface area contributed by atoms with E-state index < -0.39 is 9.84 Å². The summed E-state index contributed by atoms with van der Waals surface area (Å²) in [5.41, 5.74) is 7.72. The molecule has 0 aromatic heterocycles. The van der Waals surface area contributed by atoms with Crippen molar-refractivity contribution in [2.75, 3.05) is 37.8 Å². The van der Waals surface area contributed by atoms with Crippen molar-refractivity contribution in [2.45, 2.75) is 45.1 Å². The SMILES string of the molecule is CC1CCCN(C(=NCC(C)(C)CN)Nc2ccc(OCc3ccc(S(C)(=O)=O)cc3)cc2)C1. The molecule has 34 heavy (non-hydrogen) atoms. The van der Waals surface area contributed by atoms with Crippen molar-refractivity contribution in [3.8, 4) is 5.75 Å². The van der Waals surface area contributed by atoms with Crippen molar-refractivity contribution >= 4 is 21.5 Å². The van der Waals surface area contributed by atoms with E-state index in [1.54, 1.807) is 24.3 Å². The van der Waals surface area contributed by atoms with Crippen LogP contribution in [0.25, 0.3) is 0 Å². The quantitative estimate of drug-likeness (QED) is 0.430. The molecule has 186 valence electrons. The van der Waals surface area contributed by atoms with Crippen molar-refractivity contribution in [2.24, 2.45) is 22.1 Å². The summed E-state index contributed by atoms with van der Waals surface area (Å²) < 4.78 is 29.1. The predicted octanol–water partition coefficient (Wildman–Crippen LogP) is 4.15. The van der Waals surface area contributed by atoms with E-state index in [0.717, 1.165) is 36.0 Å². The van der Waals surface area contributed by atoms with Gasteiger partial charge in [0.05, 0.1) is 4.90 Å². The fourth-order valence-electron chi connectivity index (χ4n) is 3.72. The van der Waals surface area contributed by atoms with Crippen LogP contribution in [-0.4, -0.2) is 51.7 Å². The summed E-state index contributed by atoms with van der Waals surface area (Å²) in [5, 5.41) is 3.51.